The number of non-ortho nitro benzene ring substituents is 1. The molecule has 0 saturated heterocycles. The summed E-state index contributed by atoms with van der Waals surface area (Å²) in [6, 6.07) is 5.70. The maximum absolute atomic E-state index is 10.4. The van der Waals surface area contributed by atoms with Crippen molar-refractivity contribution in [1.82, 2.24) is 0 Å². The van der Waals surface area contributed by atoms with Crippen LogP contribution >= 0.6 is 0 Å². The Bertz CT molecular complexity index is 339. The summed E-state index contributed by atoms with van der Waals surface area (Å²) in [5, 5.41) is 10.4. The average Bonchev–Trinajstić information content (AvgIpc) is 2.14. The molecule has 1 aromatic rings. The van der Waals surface area contributed by atoms with Crippen LogP contribution in [0.5, 0.6) is 5.75 Å². The first-order valence-electron chi connectivity index (χ1n) is 4.49. The van der Waals surface area contributed by atoms with Crippen LogP contribution in [-0.4, -0.2) is 10.5 Å². The van der Waals surface area contributed by atoms with E-state index in [4.69, 9.17) is 9.78 Å². The molecule has 0 N–H and O–H groups in total. The molecular weight excluding hydrogens is 198 g/mol. The van der Waals surface area contributed by atoms with Crippen molar-refractivity contribution < 1.29 is 14.7 Å². The molecule has 0 fully saturated rings. The van der Waals surface area contributed by atoms with E-state index in [0.717, 1.165) is 0 Å². The molecule has 0 aliphatic rings. The minimum absolute atomic E-state index is 0.0260. The highest BCUT2D eigenvalue weighted by Gasteiger charge is 2.13. The number of nitro benzene ring substituents is 1. The number of hydrogen-bond donors (Lipinski definition) is 0. The fourth-order valence-corrected chi connectivity index (χ4v) is 0.797. The maximum Gasteiger partial charge on any atom is 0.269 e. The van der Waals surface area contributed by atoms with Gasteiger partial charge < -0.3 is 4.89 Å². The molecular formula is C10H13NO4. The van der Waals surface area contributed by atoms with Crippen LogP contribution in [0.1, 0.15) is 20.8 Å². The van der Waals surface area contributed by atoms with Crippen molar-refractivity contribution in [3.05, 3.63) is 34.4 Å². The number of nitro groups is 1. The Morgan fingerprint density at radius 1 is 1.20 bits per heavy atom. The van der Waals surface area contributed by atoms with E-state index in [-0.39, 0.29) is 5.69 Å². The lowest BCUT2D eigenvalue weighted by Gasteiger charge is -2.17. The predicted molar refractivity (Wildman–Crippen MR) is 54.6 cm³/mol. The second-order valence-corrected chi connectivity index (χ2v) is 4.03. The molecule has 0 unspecified atom stereocenters. The predicted octanol–water partition coefficient (Wildman–Crippen LogP) is 2.70. The lowest BCUT2D eigenvalue weighted by molar-refractivity contribution is -0.385. The SMILES string of the molecule is CC(C)(C)OOc1ccc([N+](=O)[O-])cc1. The molecule has 5 heteroatoms. The Morgan fingerprint density at radius 3 is 2.13 bits per heavy atom. The van der Waals surface area contributed by atoms with Gasteiger partial charge in [0.05, 0.1) is 4.92 Å². The molecule has 0 aliphatic heterocycles. The van der Waals surface area contributed by atoms with Gasteiger partial charge in [0.2, 0.25) is 0 Å². The van der Waals surface area contributed by atoms with Crippen LogP contribution in [0.4, 0.5) is 5.69 Å². The lowest BCUT2D eigenvalue weighted by Crippen LogP contribution is -2.21. The zero-order chi connectivity index (χ0) is 11.5. The van der Waals surface area contributed by atoms with E-state index >= 15 is 0 Å². The largest absolute Gasteiger partial charge is 0.337 e. The van der Waals surface area contributed by atoms with Crippen LogP contribution in [0.3, 0.4) is 0 Å². The number of hydrogen-bond acceptors (Lipinski definition) is 4. The average molecular weight is 211 g/mol. The van der Waals surface area contributed by atoms with E-state index in [2.05, 4.69) is 0 Å². The van der Waals surface area contributed by atoms with Crippen molar-refractivity contribution in [1.29, 1.82) is 0 Å². The third-order valence-corrected chi connectivity index (χ3v) is 1.44. The van der Waals surface area contributed by atoms with Gasteiger partial charge in [0, 0.05) is 12.1 Å². The summed E-state index contributed by atoms with van der Waals surface area (Å²) in [6.45, 7) is 5.54. The van der Waals surface area contributed by atoms with E-state index in [0.29, 0.717) is 5.75 Å². The van der Waals surface area contributed by atoms with Crippen LogP contribution in [0.2, 0.25) is 0 Å². The molecule has 0 atom stereocenters. The second-order valence-electron chi connectivity index (χ2n) is 4.03. The first-order valence-corrected chi connectivity index (χ1v) is 4.49. The number of nitrogens with zero attached hydrogens (tertiary/aromatic N) is 1. The van der Waals surface area contributed by atoms with Crippen LogP contribution in [0.15, 0.2) is 24.3 Å². The van der Waals surface area contributed by atoms with E-state index in [9.17, 15) is 10.1 Å². The van der Waals surface area contributed by atoms with Gasteiger partial charge in [0.15, 0.2) is 5.75 Å². The second kappa shape index (κ2) is 4.27. The molecule has 1 aromatic carbocycles. The summed E-state index contributed by atoms with van der Waals surface area (Å²) in [4.78, 5) is 19.9. The zero-order valence-electron chi connectivity index (χ0n) is 8.89. The molecule has 0 aliphatic carbocycles. The lowest BCUT2D eigenvalue weighted by atomic mass is 10.2. The smallest absolute Gasteiger partial charge is 0.269 e. The third-order valence-electron chi connectivity index (χ3n) is 1.44. The van der Waals surface area contributed by atoms with Crippen LogP contribution in [-0.2, 0) is 4.89 Å². The first kappa shape index (κ1) is 11.5. The standard InChI is InChI=1S/C10H13NO4/c1-10(2,3)15-14-9-6-4-8(5-7-9)11(12)13/h4-7H,1-3H3. The van der Waals surface area contributed by atoms with Gasteiger partial charge in [0.25, 0.3) is 5.69 Å². The number of benzene rings is 1. The molecule has 0 bridgehead atoms. The van der Waals surface area contributed by atoms with Crippen molar-refractivity contribution in [2.45, 2.75) is 26.4 Å². The summed E-state index contributed by atoms with van der Waals surface area (Å²) in [7, 11) is 0. The van der Waals surface area contributed by atoms with Gasteiger partial charge in [-0.05, 0) is 32.9 Å². The highest BCUT2D eigenvalue weighted by atomic mass is 17.2. The van der Waals surface area contributed by atoms with Gasteiger partial charge in [-0.3, -0.25) is 10.1 Å². The molecule has 15 heavy (non-hydrogen) atoms. The quantitative estimate of drug-likeness (QED) is 0.438. The Hall–Kier alpha value is -1.62. The summed E-state index contributed by atoms with van der Waals surface area (Å²) in [6.07, 6.45) is 0. The van der Waals surface area contributed by atoms with Gasteiger partial charge >= 0.3 is 0 Å². The normalized spacial score (nSPS) is 11.1. The molecule has 0 radical (unpaired) electrons. The van der Waals surface area contributed by atoms with E-state index in [1.54, 1.807) is 0 Å². The monoisotopic (exact) mass is 211 g/mol. The Kier molecular flexibility index (Phi) is 3.26. The fraction of sp³-hybridized carbons (Fsp3) is 0.400. The van der Waals surface area contributed by atoms with Crippen molar-refractivity contribution >= 4 is 5.69 Å². The highest BCUT2D eigenvalue weighted by molar-refractivity contribution is 5.35. The van der Waals surface area contributed by atoms with E-state index < -0.39 is 10.5 Å². The van der Waals surface area contributed by atoms with Crippen molar-refractivity contribution in [2.75, 3.05) is 0 Å². The summed E-state index contributed by atoms with van der Waals surface area (Å²) >= 11 is 0. The topological polar surface area (TPSA) is 61.6 Å². The van der Waals surface area contributed by atoms with Gasteiger partial charge in [-0.25, -0.2) is 0 Å². The molecule has 5 nitrogen and oxygen atoms in total. The summed E-state index contributed by atoms with van der Waals surface area (Å²) < 4.78 is 0. The molecule has 0 aromatic heterocycles. The molecule has 0 saturated carbocycles. The zero-order valence-corrected chi connectivity index (χ0v) is 8.89. The fourth-order valence-electron chi connectivity index (χ4n) is 0.797. The Morgan fingerprint density at radius 2 is 1.73 bits per heavy atom. The number of rotatable bonds is 3. The molecule has 0 amide bonds. The van der Waals surface area contributed by atoms with Crippen LogP contribution < -0.4 is 4.89 Å². The van der Waals surface area contributed by atoms with Crippen molar-refractivity contribution in [3.8, 4) is 5.75 Å². The van der Waals surface area contributed by atoms with E-state index in [1.165, 1.54) is 24.3 Å². The summed E-state index contributed by atoms with van der Waals surface area (Å²) in [5.74, 6) is 0.440. The Balaban J connectivity index is 2.61. The van der Waals surface area contributed by atoms with Gasteiger partial charge in [0.1, 0.15) is 5.60 Å². The minimum Gasteiger partial charge on any atom is -0.337 e. The van der Waals surface area contributed by atoms with Crippen LogP contribution in [0, 0.1) is 10.1 Å². The molecule has 0 heterocycles. The van der Waals surface area contributed by atoms with Crippen LogP contribution in [0.25, 0.3) is 0 Å². The molecule has 1 rings (SSSR count). The van der Waals surface area contributed by atoms with Crippen molar-refractivity contribution in [2.24, 2.45) is 0 Å². The maximum atomic E-state index is 10.4. The highest BCUT2D eigenvalue weighted by Crippen LogP contribution is 2.19. The van der Waals surface area contributed by atoms with Gasteiger partial charge in [-0.2, -0.15) is 4.89 Å². The Labute approximate surface area is 87.7 Å². The minimum atomic E-state index is -0.464. The van der Waals surface area contributed by atoms with E-state index in [1.807, 2.05) is 20.8 Å². The molecule has 0 spiro atoms. The first-order chi connectivity index (χ1) is 6.88. The summed E-state index contributed by atoms with van der Waals surface area (Å²) in [5.41, 5.74) is -0.389. The molecule has 82 valence electrons. The van der Waals surface area contributed by atoms with Gasteiger partial charge in [-0.1, -0.05) is 0 Å². The van der Waals surface area contributed by atoms with Gasteiger partial charge in [-0.15, -0.1) is 0 Å². The third kappa shape index (κ3) is 3.95. The van der Waals surface area contributed by atoms with Crippen molar-refractivity contribution in [3.63, 3.8) is 0 Å².